The highest BCUT2D eigenvalue weighted by Gasteiger charge is 2.34. The van der Waals surface area contributed by atoms with Gasteiger partial charge < -0.3 is 5.11 Å². The van der Waals surface area contributed by atoms with E-state index in [1.165, 1.54) is 0 Å². The maximum absolute atomic E-state index is 11.6. The van der Waals surface area contributed by atoms with E-state index in [4.69, 9.17) is 5.11 Å². The molecule has 76 valence electrons. The molecule has 0 fully saturated rings. The molecule has 0 spiro atoms. The SMILES string of the molecule is O=C(O)[C@@H]1C=NN(c2ccccc2)C1=O. The Labute approximate surface area is 85.6 Å². The van der Waals surface area contributed by atoms with Crippen molar-refractivity contribution in [1.82, 2.24) is 0 Å². The quantitative estimate of drug-likeness (QED) is 0.721. The summed E-state index contributed by atoms with van der Waals surface area (Å²) >= 11 is 0. The molecule has 0 unspecified atom stereocenters. The summed E-state index contributed by atoms with van der Waals surface area (Å²) < 4.78 is 0. The van der Waals surface area contributed by atoms with Crippen LogP contribution in [0.4, 0.5) is 5.69 Å². The van der Waals surface area contributed by atoms with Gasteiger partial charge in [-0.05, 0) is 12.1 Å². The third-order valence-corrected chi connectivity index (χ3v) is 2.07. The van der Waals surface area contributed by atoms with Crippen LogP contribution in [-0.4, -0.2) is 23.2 Å². The molecule has 1 aromatic rings. The monoisotopic (exact) mass is 204 g/mol. The summed E-state index contributed by atoms with van der Waals surface area (Å²) in [7, 11) is 0. The summed E-state index contributed by atoms with van der Waals surface area (Å²) in [4.78, 5) is 22.2. The highest BCUT2D eigenvalue weighted by molar-refractivity contribution is 6.19. The van der Waals surface area contributed by atoms with Gasteiger partial charge in [-0.15, -0.1) is 0 Å². The Hall–Kier alpha value is -2.17. The number of hydrazone groups is 1. The first-order valence-corrected chi connectivity index (χ1v) is 4.36. The molecule has 1 aromatic carbocycles. The van der Waals surface area contributed by atoms with Gasteiger partial charge in [0.05, 0.1) is 5.69 Å². The molecule has 1 aliphatic heterocycles. The van der Waals surface area contributed by atoms with Crippen molar-refractivity contribution < 1.29 is 14.7 Å². The van der Waals surface area contributed by atoms with E-state index in [0.29, 0.717) is 5.69 Å². The minimum Gasteiger partial charge on any atom is -0.480 e. The number of aliphatic carboxylic acids is 1. The number of para-hydroxylation sites is 1. The van der Waals surface area contributed by atoms with Gasteiger partial charge in [0.15, 0.2) is 5.92 Å². The standard InChI is InChI=1S/C10H8N2O3/c13-9-8(10(14)15)6-11-12(9)7-4-2-1-3-5-7/h1-6,8H,(H,14,15)/t8-/m1/s1. The lowest BCUT2D eigenvalue weighted by molar-refractivity contribution is -0.142. The molecule has 1 amide bonds. The largest absolute Gasteiger partial charge is 0.480 e. The third-order valence-electron chi connectivity index (χ3n) is 2.07. The Morgan fingerprint density at radius 3 is 2.53 bits per heavy atom. The lowest BCUT2D eigenvalue weighted by atomic mass is 10.1. The lowest BCUT2D eigenvalue weighted by Gasteiger charge is -2.12. The number of anilines is 1. The highest BCUT2D eigenvalue weighted by Crippen LogP contribution is 2.20. The fraction of sp³-hybridized carbons (Fsp3) is 0.100. The molecule has 1 N–H and O–H groups in total. The molecule has 1 atom stereocenters. The van der Waals surface area contributed by atoms with Gasteiger partial charge in [0.25, 0.3) is 5.91 Å². The highest BCUT2D eigenvalue weighted by atomic mass is 16.4. The minimum absolute atomic E-state index is 0.534. The molecular formula is C10H8N2O3. The van der Waals surface area contributed by atoms with Crippen molar-refractivity contribution in [3.8, 4) is 0 Å². The van der Waals surface area contributed by atoms with Gasteiger partial charge >= 0.3 is 5.97 Å². The summed E-state index contributed by atoms with van der Waals surface area (Å²) in [5.74, 6) is -2.87. The van der Waals surface area contributed by atoms with Gasteiger partial charge in [0.2, 0.25) is 0 Å². The fourth-order valence-corrected chi connectivity index (χ4v) is 1.32. The van der Waals surface area contributed by atoms with Crippen molar-refractivity contribution in [3.63, 3.8) is 0 Å². The molecule has 5 heteroatoms. The van der Waals surface area contributed by atoms with Crippen molar-refractivity contribution in [2.45, 2.75) is 0 Å². The second-order valence-electron chi connectivity index (χ2n) is 3.07. The van der Waals surface area contributed by atoms with Crippen LogP contribution >= 0.6 is 0 Å². The Bertz CT molecular complexity index is 428. The molecule has 0 aromatic heterocycles. The van der Waals surface area contributed by atoms with Crippen molar-refractivity contribution in [2.75, 3.05) is 5.01 Å². The first kappa shape index (κ1) is 9.39. The number of hydrogen-bond acceptors (Lipinski definition) is 3. The second kappa shape index (κ2) is 3.53. The average Bonchev–Trinajstić information content (AvgIpc) is 2.61. The number of carboxylic acids is 1. The Morgan fingerprint density at radius 1 is 1.33 bits per heavy atom. The van der Waals surface area contributed by atoms with Crippen LogP contribution in [0.5, 0.6) is 0 Å². The van der Waals surface area contributed by atoms with E-state index in [1.54, 1.807) is 24.3 Å². The molecule has 0 saturated heterocycles. The first-order chi connectivity index (χ1) is 7.20. The van der Waals surface area contributed by atoms with Crippen LogP contribution in [0, 0.1) is 5.92 Å². The molecule has 15 heavy (non-hydrogen) atoms. The van der Waals surface area contributed by atoms with Crippen LogP contribution in [0.1, 0.15) is 0 Å². The Kier molecular flexibility index (Phi) is 2.21. The molecule has 0 radical (unpaired) electrons. The second-order valence-corrected chi connectivity index (χ2v) is 3.07. The van der Waals surface area contributed by atoms with E-state index in [2.05, 4.69) is 5.10 Å². The third kappa shape index (κ3) is 1.59. The van der Waals surface area contributed by atoms with E-state index >= 15 is 0 Å². The number of carboxylic acid groups (broad SMARTS) is 1. The molecular weight excluding hydrogens is 196 g/mol. The average molecular weight is 204 g/mol. The zero-order valence-electron chi connectivity index (χ0n) is 7.70. The summed E-state index contributed by atoms with van der Waals surface area (Å²) in [6.45, 7) is 0. The van der Waals surface area contributed by atoms with Gasteiger partial charge in [0.1, 0.15) is 0 Å². The maximum atomic E-state index is 11.6. The van der Waals surface area contributed by atoms with Gasteiger partial charge in [-0.25, -0.2) is 0 Å². The number of rotatable bonds is 2. The van der Waals surface area contributed by atoms with Crippen LogP contribution in [-0.2, 0) is 9.59 Å². The topological polar surface area (TPSA) is 70.0 Å². The van der Waals surface area contributed by atoms with E-state index < -0.39 is 17.8 Å². The molecule has 0 saturated carbocycles. The van der Waals surface area contributed by atoms with Gasteiger partial charge in [-0.1, -0.05) is 18.2 Å². The maximum Gasteiger partial charge on any atom is 0.321 e. The zero-order chi connectivity index (χ0) is 10.8. The molecule has 0 aliphatic carbocycles. The molecule has 1 heterocycles. The van der Waals surface area contributed by atoms with Crippen LogP contribution in [0.25, 0.3) is 0 Å². The first-order valence-electron chi connectivity index (χ1n) is 4.36. The van der Waals surface area contributed by atoms with Crippen molar-refractivity contribution in [1.29, 1.82) is 0 Å². The summed E-state index contributed by atoms with van der Waals surface area (Å²) in [6.07, 6.45) is 1.14. The normalized spacial score (nSPS) is 19.6. The molecule has 5 nitrogen and oxygen atoms in total. The van der Waals surface area contributed by atoms with Crippen LogP contribution in [0.15, 0.2) is 35.4 Å². The molecule has 1 aliphatic rings. The van der Waals surface area contributed by atoms with Gasteiger partial charge in [0, 0.05) is 6.21 Å². The minimum atomic E-state index is -1.18. The van der Waals surface area contributed by atoms with Crippen LogP contribution in [0.2, 0.25) is 0 Å². The number of nitrogens with zero attached hydrogens (tertiary/aromatic N) is 2. The van der Waals surface area contributed by atoms with Crippen LogP contribution < -0.4 is 5.01 Å². The van der Waals surface area contributed by atoms with Crippen molar-refractivity contribution in [2.24, 2.45) is 11.0 Å². The van der Waals surface area contributed by atoms with E-state index in [9.17, 15) is 9.59 Å². The summed E-state index contributed by atoms with van der Waals surface area (Å²) in [6, 6.07) is 8.71. The number of carbonyl (C=O) groups excluding carboxylic acids is 1. The summed E-state index contributed by atoms with van der Waals surface area (Å²) in [5, 5.41) is 13.6. The number of hydrogen-bond donors (Lipinski definition) is 1. The summed E-state index contributed by atoms with van der Waals surface area (Å²) in [5.41, 5.74) is 0.572. The molecule has 0 bridgehead atoms. The zero-order valence-corrected chi connectivity index (χ0v) is 7.70. The van der Waals surface area contributed by atoms with Gasteiger partial charge in [-0.2, -0.15) is 10.1 Å². The number of amides is 1. The fourth-order valence-electron chi connectivity index (χ4n) is 1.32. The van der Waals surface area contributed by atoms with Crippen molar-refractivity contribution >= 4 is 23.8 Å². The molecule has 2 rings (SSSR count). The van der Waals surface area contributed by atoms with E-state index in [-0.39, 0.29) is 0 Å². The smallest absolute Gasteiger partial charge is 0.321 e. The van der Waals surface area contributed by atoms with Crippen LogP contribution in [0.3, 0.4) is 0 Å². The Balaban J connectivity index is 2.26. The van der Waals surface area contributed by atoms with E-state index in [0.717, 1.165) is 11.2 Å². The predicted molar refractivity (Wildman–Crippen MR) is 53.5 cm³/mol. The van der Waals surface area contributed by atoms with Crippen molar-refractivity contribution in [3.05, 3.63) is 30.3 Å². The number of carbonyl (C=O) groups is 2. The van der Waals surface area contributed by atoms with E-state index in [1.807, 2.05) is 6.07 Å². The van der Waals surface area contributed by atoms with Gasteiger partial charge in [-0.3, -0.25) is 9.59 Å². The predicted octanol–water partition coefficient (Wildman–Crippen LogP) is 0.720. The lowest BCUT2D eigenvalue weighted by Crippen LogP contribution is -2.30. The number of benzene rings is 1. The Morgan fingerprint density at radius 2 is 2.00 bits per heavy atom.